The van der Waals surface area contributed by atoms with Crippen LogP contribution in [0.1, 0.15) is 35.4 Å². The second-order valence-corrected chi connectivity index (χ2v) is 11.2. The minimum absolute atomic E-state index is 0.0640. The number of hydrogen-bond donors (Lipinski definition) is 2. The summed E-state index contributed by atoms with van der Waals surface area (Å²) in [4.78, 5) is 35.8. The first-order valence-corrected chi connectivity index (χ1v) is 14.2. The highest BCUT2D eigenvalue weighted by atomic mass is 32.1. The second kappa shape index (κ2) is 10.2. The third-order valence-electron chi connectivity index (χ3n) is 7.64. The standard InChI is InChI=1S/C29H28N8O2S/c1-18(19-6-3-2-4-7-19)14-30-27-33-28(32-20-9-10-23-25(12-20)40-17-31-23)35-29(34-27)37-16-21-13-22(37)15-36(21)26(38)24-8-5-11-39-24/h2-12,17-18,21-22H,13-16H2,1H3,(H2,30,32,33,34,35). The summed E-state index contributed by atoms with van der Waals surface area (Å²) >= 11 is 1.59. The molecule has 2 bridgehead atoms. The SMILES string of the molecule is CC(CNc1nc(Nc2ccc3ncsc3c2)nc(N2CC3CC2CN3C(=O)c2ccco2)n1)c1ccccc1. The lowest BCUT2D eigenvalue weighted by atomic mass is 10.0. The Labute approximate surface area is 235 Å². The minimum Gasteiger partial charge on any atom is -0.459 e. The molecule has 1 amide bonds. The number of nitrogens with one attached hydrogen (secondary N) is 2. The molecule has 0 aliphatic carbocycles. The summed E-state index contributed by atoms with van der Waals surface area (Å²) in [6, 6.07) is 20.1. The normalized spacial score (nSPS) is 18.8. The van der Waals surface area contributed by atoms with Gasteiger partial charge in [-0.1, -0.05) is 37.3 Å². The average Bonchev–Trinajstić information content (AvgIpc) is 3.80. The van der Waals surface area contributed by atoms with Gasteiger partial charge in [-0.3, -0.25) is 4.79 Å². The number of furan rings is 1. The van der Waals surface area contributed by atoms with Crippen LogP contribution < -0.4 is 15.5 Å². The van der Waals surface area contributed by atoms with Crippen LogP contribution in [-0.2, 0) is 0 Å². The third-order valence-corrected chi connectivity index (χ3v) is 8.43. The zero-order valence-electron chi connectivity index (χ0n) is 21.9. The molecule has 11 heteroatoms. The summed E-state index contributed by atoms with van der Waals surface area (Å²) in [5.74, 6) is 2.17. The number of amides is 1. The van der Waals surface area contributed by atoms with Crippen LogP contribution in [0.3, 0.4) is 0 Å². The van der Waals surface area contributed by atoms with Crippen molar-refractivity contribution in [1.82, 2.24) is 24.8 Å². The van der Waals surface area contributed by atoms with E-state index < -0.39 is 0 Å². The van der Waals surface area contributed by atoms with Crippen LogP contribution in [0.4, 0.5) is 23.5 Å². The lowest BCUT2D eigenvalue weighted by Crippen LogP contribution is -2.49. The Kier molecular flexibility index (Phi) is 6.27. The Morgan fingerprint density at radius 1 is 1.05 bits per heavy atom. The van der Waals surface area contributed by atoms with Crippen molar-refractivity contribution in [2.45, 2.75) is 31.3 Å². The van der Waals surface area contributed by atoms with E-state index >= 15 is 0 Å². The first kappa shape index (κ1) is 24.5. The number of carbonyl (C=O) groups is 1. The predicted molar refractivity (Wildman–Crippen MR) is 155 cm³/mol. The molecule has 3 aromatic heterocycles. The monoisotopic (exact) mass is 552 g/mol. The van der Waals surface area contributed by atoms with Gasteiger partial charge in [-0.25, -0.2) is 4.98 Å². The number of hydrogen-bond acceptors (Lipinski definition) is 10. The van der Waals surface area contributed by atoms with Gasteiger partial charge in [0.05, 0.1) is 34.1 Å². The van der Waals surface area contributed by atoms with Crippen LogP contribution in [0, 0.1) is 0 Å². The lowest BCUT2D eigenvalue weighted by molar-refractivity contribution is 0.0692. The maximum absolute atomic E-state index is 12.9. The van der Waals surface area contributed by atoms with Gasteiger partial charge in [-0.05, 0) is 48.2 Å². The van der Waals surface area contributed by atoms with Gasteiger partial charge in [0.1, 0.15) is 0 Å². The number of likely N-dealkylation sites (tertiary alicyclic amines) is 1. The van der Waals surface area contributed by atoms with E-state index in [9.17, 15) is 4.79 Å². The van der Waals surface area contributed by atoms with Crippen molar-refractivity contribution in [2.24, 2.45) is 0 Å². The number of aromatic nitrogens is 4. The van der Waals surface area contributed by atoms with E-state index in [1.54, 1.807) is 23.5 Å². The fourth-order valence-electron chi connectivity index (χ4n) is 5.54. The molecule has 3 unspecified atom stereocenters. The fraction of sp³-hybridized carbons (Fsp3) is 0.276. The summed E-state index contributed by atoms with van der Waals surface area (Å²) in [5, 5.41) is 6.81. The Bertz CT molecular complexity index is 1640. The Hall–Kier alpha value is -4.51. The van der Waals surface area contributed by atoms with Crippen molar-refractivity contribution in [1.29, 1.82) is 0 Å². The summed E-state index contributed by atoms with van der Waals surface area (Å²) in [7, 11) is 0. The van der Waals surface area contributed by atoms with E-state index in [2.05, 4.69) is 57.8 Å². The van der Waals surface area contributed by atoms with E-state index in [0.717, 1.165) is 22.3 Å². The summed E-state index contributed by atoms with van der Waals surface area (Å²) in [5.41, 5.74) is 4.94. The quantitative estimate of drug-likeness (QED) is 0.270. The van der Waals surface area contributed by atoms with Gasteiger partial charge in [0.2, 0.25) is 17.8 Å². The number of nitrogens with zero attached hydrogens (tertiary/aromatic N) is 6. The Morgan fingerprint density at radius 3 is 2.73 bits per heavy atom. The predicted octanol–water partition coefficient (Wildman–Crippen LogP) is 5.14. The lowest BCUT2D eigenvalue weighted by Gasteiger charge is -2.34. The topological polar surface area (TPSA) is 112 Å². The molecule has 40 heavy (non-hydrogen) atoms. The molecule has 2 aromatic carbocycles. The molecule has 0 radical (unpaired) electrons. The zero-order chi connectivity index (χ0) is 27.1. The van der Waals surface area contributed by atoms with Crippen molar-refractivity contribution in [3.8, 4) is 0 Å². The van der Waals surface area contributed by atoms with Crippen molar-refractivity contribution in [3.63, 3.8) is 0 Å². The smallest absolute Gasteiger partial charge is 0.289 e. The minimum atomic E-state index is -0.0640. The molecule has 5 aromatic rings. The van der Waals surface area contributed by atoms with Crippen LogP contribution >= 0.6 is 11.3 Å². The van der Waals surface area contributed by atoms with Crippen LogP contribution in [0.15, 0.2) is 76.9 Å². The number of rotatable bonds is 8. The van der Waals surface area contributed by atoms with Gasteiger partial charge < -0.3 is 24.9 Å². The zero-order valence-corrected chi connectivity index (χ0v) is 22.7. The first-order valence-electron chi connectivity index (χ1n) is 13.4. The van der Waals surface area contributed by atoms with Gasteiger partial charge >= 0.3 is 0 Å². The molecule has 202 valence electrons. The molecule has 0 spiro atoms. The number of carbonyl (C=O) groups excluding carboxylic acids is 1. The maximum Gasteiger partial charge on any atom is 0.289 e. The van der Waals surface area contributed by atoms with Crippen molar-refractivity contribution >= 4 is 51.0 Å². The summed E-state index contributed by atoms with van der Waals surface area (Å²) in [6.45, 7) is 4.12. The molecule has 2 saturated heterocycles. The van der Waals surface area contributed by atoms with Crippen molar-refractivity contribution < 1.29 is 9.21 Å². The molecule has 0 saturated carbocycles. The van der Waals surface area contributed by atoms with E-state index in [1.807, 2.05) is 28.6 Å². The largest absolute Gasteiger partial charge is 0.459 e. The van der Waals surface area contributed by atoms with E-state index in [4.69, 9.17) is 19.4 Å². The number of piperazine rings is 1. The van der Waals surface area contributed by atoms with Gasteiger partial charge in [0.15, 0.2) is 5.76 Å². The molecule has 2 fully saturated rings. The molecule has 2 aliphatic heterocycles. The molecule has 10 nitrogen and oxygen atoms in total. The highest BCUT2D eigenvalue weighted by Crippen LogP contribution is 2.35. The fourth-order valence-corrected chi connectivity index (χ4v) is 6.25. The van der Waals surface area contributed by atoms with Crippen LogP contribution in [-0.4, -0.2) is 62.5 Å². The molecule has 5 heterocycles. The van der Waals surface area contributed by atoms with E-state index in [-0.39, 0.29) is 23.9 Å². The van der Waals surface area contributed by atoms with Crippen LogP contribution in [0.5, 0.6) is 0 Å². The van der Waals surface area contributed by atoms with E-state index in [0.29, 0.717) is 43.2 Å². The molecular formula is C29H28N8O2S. The summed E-state index contributed by atoms with van der Waals surface area (Å²) < 4.78 is 6.45. The van der Waals surface area contributed by atoms with Crippen LogP contribution in [0.2, 0.25) is 0 Å². The molecular weight excluding hydrogens is 524 g/mol. The third kappa shape index (κ3) is 4.73. The molecule has 3 atom stereocenters. The molecule has 2 aliphatic rings. The Balaban J connectivity index is 1.14. The second-order valence-electron chi connectivity index (χ2n) is 10.3. The summed E-state index contributed by atoms with van der Waals surface area (Å²) in [6.07, 6.45) is 2.41. The average molecular weight is 553 g/mol. The van der Waals surface area contributed by atoms with E-state index in [1.165, 1.54) is 11.8 Å². The Morgan fingerprint density at radius 2 is 1.93 bits per heavy atom. The van der Waals surface area contributed by atoms with Gasteiger partial charge in [-0.2, -0.15) is 15.0 Å². The number of benzene rings is 2. The highest BCUT2D eigenvalue weighted by molar-refractivity contribution is 7.16. The van der Waals surface area contributed by atoms with Gasteiger partial charge in [0.25, 0.3) is 5.91 Å². The van der Waals surface area contributed by atoms with Crippen molar-refractivity contribution in [2.75, 3.05) is 35.2 Å². The molecule has 7 rings (SSSR count). The van der Waals surface area contributed by atoms with Crippen molar-refractivity contribution in [3.05, 3.63) is 83.8 Å². The van der Waals surface area contributed by atoms with Gasteiger partial charge in [0, 0.05) is 25.3 Å². The number of thiazole rings is 1. The number of anilines is 4. The van der Waals surface area contributed by atoms with Crippen LogP contribution in [0.25, 0.3) is 10.2 Å². The highest BCUT2D eigenvalue weighted by Gasteiger charge is 2.47. The number of fused-ring (bicyclic) bond motifs is 3. The maximum atomic E-state index is 12.9. The molecule has 2 N–H and O–H groups in total. The van der Waals surface area contributed by atoms with Gasteiger partial charge in [-0.15, -0.1) is 11.3 Å². The first-order chi connectivity index (χ1) is 19.6.